The molecule has 0 N–H and O–H groups in total. The maximum absolute atomic E-state index is 5.88. The van der Waals surface area contributed by atoms with Gasteiger partial charge in [0.2, 0.25) is 0 Å². The molecule has 0 amide bonds. The second-order valence-corrected chi connectivity index (χ2v) is 4.70. The van der Waals surface area contributed by atoms with Crippen LogP contribution in [0.4, 0.5) is 0 Å². The summed E-state index contributed by atoms with van der Waals surface area (Å²) in [5, 5.41) is 0. The molecule has 0 aliphatic carbocycles. The lowest BCUT2D eigenvalue weighted by Crippen LogP contribution is -2.41. The van der Waals surface area contributed by atoms with Gasteiger partial charge < -0.3 is 18.9 Å². The number of hydrogen-bond acceptors (Lipinski definition) is 4. The molecule has 5 atom stereocenters. The van der Waals surface area contributed by atoms with Crippen molar-refractivity contribution in [3.63, 3.8) is 0 Å². The van der Waals surface area contributed by atoms with Gasteiger partial charge in [0.05, 0.1) is 13.2 Å². The third-order valence-electron chi connectivity index (χ3n) is 3.54. The van der Waals surface area contributed by atoms with Gasteiger partial charge in [-0.2, -0.15) is 0 Å². The lowest BCUT2D eigenvalue weighted by molar-refractivity contribution is -0.168. The zero-order chi connectivity index (χ0) is 11.2. The normalized spacial score (nSPS) is 42.2. The van der Waals surface area contributed by atoms with Gasteiger partial charge in [-0.15, -0.1) is 0 Å². The average molecular weight is 234 g/mol. The van der Waals surface area contributed by atoms with Crippen LogP contribution in [0.1, 0.15) is 5.56 Å². The zero-order valence-corrected chi connectivity index (χ0v) is 9.32. The summed E-state index contributed by atoms with van der Waals surface area (Å²) in [6.07, 6.45) is 0.160. The molecular weight excluding hydrogens is 220 g/mol. The first-order chi connectivity index (χ1) is 8.42. The Hall–Kier alpha value is -0.940. The minimum absolute atomic E-state index is 0.0843. The van der Waals surface area contributed by atoms with Crippen LogP contribution in [0.3, 0.4) is 0 Å². The first kappa shape index (κ1) is 10.0. The molecule has 0 unspecified atom stereocenters. The van der Waals surface area contributed by atoms with Gasteiger partial charge in [0.15, 0.2) is 6.29 Å². The fraction of sp³-hybridized carbons (Fsp3) is 0.538. The van der Waals surface area contributed by atoms with E-state index in [2.05, 4.69) is 0 Å². The van der Waals surface area contributed by atoms with Crippen LogP contribution in [-0.4, -0.2) is 37.3 Å². The Kier molecular flexibility index (Phi) is 2.23. The minimum Gasteiger partial charge on any atom is -0.365 e. The summed E-state index contributed by atoms with van der Waals surface area (Å²) in [5.41, 5.74) is 1.16. The van der Waals surface area contributed by atoms with Gasteiger partial charge in [-0.1, -0.05) is 30.3 Å². The minimum atomic E-state index is -0.243. The molecule has 3 saturated heterocycles. The molecule has 0 radical (unpaired) electrons. The van der Waals surface area contributed by atoms with Gasteiger partial charge in [-0.25, -0.2) is 0 Å². The Morgan fingerprint density at radius 1 is 1.12 bits per heavy atom. The van der Waals surface area contributed by atoms with E-state index in [1.165, 1.54) is 0 Å². The fourth-order valence-corrected chi connectivity index (χ4v) is 2.58. The fourth-order valence-electron chi connectivity index (χ4n) is 2.58. The molecule has 2 bridgehead atoms. The molecule has 3 aliphatic rings. The van der Waals surface area contributed by atoms with Gasteiger partial charge in [0.1, 0.15) is 24.4 Å². The van der Waals surface area contributed by atoms with Crippen LogP contribution < -0.4 is 0 Å². The Labute approximate surface area is 99.4 Å². The quantitative estimate of drug-likeness (QED) is 0.734. The average Bonchev–Trinajstić information content (AvgIpc) is 3.05. The van der Waals surface area contributed by atoms with Crippen LogP contribution in [0, 0.1) is 0 Å². The van der Waals surface area contributed by atoms with Crippen molar-refractivity contribution in [1.82, 2.24) is 0 Å². The van der Waals surface area contributed by atoms with Crippen molar-refractivity contribution in [3.05, 3.63) is 35.9 Å². The van der Waals surface area contributed by atoms with Crippen molar-refractivity contribution < 1.29 is 18.9 Å². The van der Waals surface area contributed by atoms with E-state index in [-0.39, 0.29) is 30.7 Å². The van der Waals surface area contributed by atoms with Gasteiger partial charge in [0, 0.05) is 0 Å². The Morgan fingerprint density at radius 2 is 2.00 bits per heavy atom. The van der Waals surface area contributed by atoms with Crippen LogP contribution in [-0.2, 0) is 25.6 Å². The van der Waals surface area contributed by atoms with Crippen molar-refractivity contribution >= 4 is 0 Å². The summed E-state index contributed by atoms with van der Waals surface area (Å²) < 4.78 is 22.7. The van der Waals surface area contributed by atoms with E-state index >= 15 is 0 Å². The maximum Gasteiger partial charge on any atom is 0.187 e. The molecule has 0 aromatic heterocycles. The monoisotopic (exact) mass is 234 g/mol. The molecule has 3 aliphatic heterocycles. The summed E-state index contributed by atoms with van der Waals surface area (Å²) in [7, 11) is 0. The largest absolute Gasteiger partial charge is 0.365 e. The SMILES string of the molecule is c1ccc(CO[C@@H]2[C@@H]3OC[C@@H](O3)[C@H]3O[C@@H]23)cc1. The van der Waals surface area contributed by atoms with Gasteiger partial charge in [-0.05, 0) is 5.56 Å². The lowest BCUT2D eigenvalue weighted by atomic mass is 10.1. The second-order valence-electron chi connectivity index (χ2n) is 4.70. The van der Waals surface area contributed by atoms with Crippen molar-refractivity contribution in [2.75, 3.05) is 6.61 Å². The van der Waals surface area contributed by atoms with Crippen LogP contribution in [0.2, 0.25) is 0 Å². The summed E-state index contributed by atoms with van der Waals surface area (Å²) >= 11 is 0. The predicted molar refractivity (Wildman–Crippen MR) is 58.3 cm³/mol. The molecule has 1 aromatic rings. The number of rotatable bonds is 3. The Balaban J connectivity index is 1.43. The van der Waals surface area contributed by atoms with Crippen LogP contribution in [0.25, 0.3) is 0 Å². The molecule has 0 spiro atoms. The zero-order valence-electron chi connectivity index (χ0n) is 9.32. The molecule has 90 valence electrons. The number of benzene rings is 1. The molecule has 4 heteroatoms. The smallest absolute Gasteiger partial charge is 0.187 e. The topological polar surface area (TPSA) is 40.2 Å². The van der Waals surface area contributed by atoms with Crippen molar-refractivity contribution in [2.45, 2.75) is 37.3 Å². The molecule has 4 nitrogen and oxygen atoms in total. The molecular formula is C13H14O4. The van der Waals surface area contributed by atoms with E-state index in [4.69, 9.17) is 18.9 Å². The highest BCUT2D eigenvalue weighted by molar-refractivity contribution is 5.14. The highest BCUT2D eigenvalue weighted by Crippen LogP contribution is 2.43. The molecule has 4 rings (SSSR count). The van der Waals surface area contributed by atoms with Crippen LogP contribution in [0.5, 0.6) is 0 Å². The second kappa shape index (κ2) is 3.78. The van der Waals surface area contributed by atoms with Crippen LogP contribution in [0.15, 0.2) is 30.3 Å². The van der Waals surface area contributed by atoms with E-state index in [1.807, 2.05) is 30.3 Å². The predicted octanol–water partition coefficient (Wildman–Crippen LogP) is 1.09. The summed E-state index contributed by atoms with van der Waals surface area (Å²) in [5.74, 6) is 0. The molecule has 0 saturated carbocycles. The molecule has 17 heavy (non-hydrogen) atoms. The van der Waals surface area contributed by atoms with Crippen molar-refractivity contribution in [3.8, 4) is 0 Å². The molecule has 3 fully saturated rings. The Morgan fingerprint density at radius 3 is 2.88 bits per heavy atom. The first-order valence-electron chi connectivity index (χ1n) is 6.00. The number of hydrogen-bond donors (Lipinski definition) is 0. The lowest BCUT2D eigenvalue weighted by Gasteiger charge is -2.24. The van der Waals surface area contributed by atoms with Gasteiger partial charge in [0.25, 0.3) is 0 Å². The van der Waals surface area contributed by atoms with Crippen LogP contribution >= 0.6 is 0 Å². The van der Waals surface area contributed by atoms with E-state index < -0.39 is 0 Å². The number of ether oxygens (including phenoxy) is 4. The van der Waals surface area contributed by atoms with E-state index in [9.17, 15) is 0 Å². The Bertz CT molecular complexity index is 407. The summed E-state index contributed by atoms with van der Waals surface area (Å²) in [4.78, 5) is 0. The molecule has 3 heterocycles. The third-order valence-corrected chi connectivity index (χ3v) is 3.54. The first-order valence-corrected chi connectivity index (χ1v) is 6.00. The highest BCUT2D eigenvalue weighted by Gasteiger charge is 2.61. The highest BCUT2D eigenvalue weighted by atomic mass is 16.8. The van der Waals surface area contributed by atoms with Gasteiger partial charge in [-0.3, -0.25) is 0 Å². The maximum atomic E-state index is 5.88. The standard InChI is InChI=1S/C13H14O4/c1-2-4-8(5-3-1)6-14-12-11-10(17-11)9-7-15-13(12)16-9/h1-5,9-13H,6-7H2/t9-,10-,11-,12+,13-/m1/s1. The molecule has 1 aromatic carbocycles. The van der Waals surface area contributed by atoms with E-state index in [0.29, 0.717) is 13.2 Å². The number of fused-ring (bicyclic) bond motifs is 4. The van der Waals surface area contributed by atoms with Crippen molar-refractivity contribution in [2.24, 2.45) is 0 Å². The van der Waals surface area contributed by atoms with Crippen molar-refractivity contribution in [1.29, 1.82) is 0 Å². The van der Waals surface area contributed by atoms with Gasteiger partial charge >= 0.3 is 0 Å². The van der Waals surface area contributed by atoms with E-state index in [1.54, 1.807) is 0 Å². The number of epoxide rings is 1. The third kappa shape index (κ3) is 1.68. The summed E-state index contributed by atoms with van der Waals surface area (Å²) in [6.45, 7) is 1.21. The van der Waals surface area contributed by atoms with E-state index in [0.717, 1.165) is 5.56 Å². The summed E-state index contributed by atoms with van der Waals surface area (Å²) in [6, 6.07) is 10.1.